The molecule has 0 saturated carbocycles. The predicted molar refractivity (Wildman–Crippen MR) is 72.9 cm³/mol. The van der Waals surface area contributed by atoms with Crippen LogP contribution < -0.4 is 0 Å². The molecular weight excluding hydrogens is 248 g/mol. The minimum Gasteiger partial charge on any atom is -0.322 e. The number of likely N-dealkylation sites (N-methyl/N-ethyl adjacent to an activating group) is 1. The number of hydrogen-bond acceptors (Lipinski definition) is 3. The zero-order chi connectivity index (χ0) is 12.5. The third kappa shape index (κ3) is 1.99. The highest BCUT2D eigenvalue weighted by molar-refractivity contribution is 6.16. The van der Waals surface area contributed by atoms with E-state index in [1.54, 1.807) is 0 Å². The van der Waals surface area contributed by atoms with E-state index in [9.17, 15) is 0 Å². The number of nitrogens with zero attached hydrogens (tertiary/aromatic N) is 4. The van der Waals surface area contributed by atoms with Gasteiger partial charge in [0, 0.05) is 18.8 Å². The summed E-state index contributed by atoms with van der Waals surface area (Å²) in [6, 6.07) is 2.51. The molecule has 96 valence electrons. The second-order valence-electron chi connectivity index (χ2n) is 4.95. The molecule has 3 rings (SSSR count). The Bertz CT molecular complexity index is 551. The van der Waals surface area contributed by atoms with Crippen LogP contribution in [0.1, 0.15) is 24.7 Å². The number of halogens is 1. The number of pyridine rings is 1. The van der Waals surface area contributed by atoms with Gasteiger partial charge in [-0.25, -0.2) is 4.98 Å². The Morgan fingerprint density at radius 1 is 1.50 bits per heavy atom. The molecule has 0 amide bonds. The first-order valence-corrected chi connectivity index (χ1v) is 6.88. The number of likely N-dealkylation sites (tertiary alicyclic amines) is 1. The summed E-state index contributed by atoms with van der Waals surface area (Å²) in [7, 11) is 2.17. The second kappa shape index (κ2) is 4.86. The Hall–Kier alpha value is -1.13. The summed E-state index contributed by atoms with van der Waals surface area (Å²) >= 11 is 6.04. The van der Waals surface area contributed by atoms with Gasteiger partial charge in [0.05, 0.1) is 17.6 Å². The van der Waals surface area contributed by atoms with Gasteiger partial charge in [0.2, 0.25) is 0 Å². The largest absolute Gasteiger partial charge is 0.322 e. The van der Waals surface area contributed by atoms with E-state index in [0.717, 1.165) is 23.4 Å². The lowest BCUT2D eigenvalue weighted by Gasteiger charge is -2.31. The minimum absolute atomic E-state index is 0.453. The van der Waals surface area contributed by atoms with Gasteiger partial charge in [-0.3, -0.25) is 4.98 Å². The monoisotopic (exact) mass is 264 g/mol. The lowest BCUT2D eigenvalue weighted by Crippen LogP contribution is -2.34. The number of hydrogen-bond donors (Lipinski definition) is 0. The average molecular weight is 265 g/mol. The lowest BCUT2D eigenvalue weighted by molar-refractivity contribution is 0.213. The van der Waals surface area contributed by atoms with E-state index < -0.39 is 0 Å². The maximum atomic E-state index is 6.04. The molecule has 0 spiro atoms. The summed E-state index contributed by atoms with van der Waals surface area (Å²) in [5.41, 5.74) is 2.10. The van der Waals surface area contributed by atoms with Crippen molar-refractivity contribution in [2.24, 2.45) is 0 Å². The van der Waals surface area contributed by atoms with Crippen LogP contribution >= 0.6 is 11.6 Å². The maximum absolute atomic E-state index is 6.04. The molecule has 2 aromatic rings. The van der Waals surface area contributed by atoms with Crippen molar-refractivity contribution in [3.05, 3.63) is 24.3 Å². The molecule has 5 heteroatoms. The van der Waals surface area contributed by atoms with Crippen molar-refractivity contribution in [3.8, 4) is 0 Å². The molecule has 0 bridgehead atoms. The van der Waals surface area contributed by atoms with Gasteiger partial charge in [0.25, 0.3) is 0 Å². The van der Waals surface area contributed by atoms with E-state index >= 15 is 0 Å². The second-order valence-corrected chi connectivity index (χ2v) is 5.22. The standard InChI is InChI=1S/C13H17ClN4/c1-17-6-2-3-10(9-17)18-12-4-5-15-8-11(12)16-13(18)7-14/h4-5,8,10H,2-3,6-7,9H2,1H3. The van der Waals surface area contributed by atoms with Gasteiger partial charge in [0.1, 0.15) is 11.3 Å². The zero-order valence-electron chi connectivity index (χ0n) is 10.5. The molecule has 1 aliphatic heterocycles. The van der Waals surface area contributed by atoms with Crippen LogP contribution in [0.5, 0.6) is 0 Å². The smallest absolute Gasteiger partial charge is 0.125 e. The van der Waals surface area contributed by atoms with Gasteiger partial charge in [0.15, 0.2) is 0 Å². The number of aromatic nitrogens is 3. The van der Waals surface area contributed by atoms with Gasteiger partial charge >= 0.3 is 0 Å². The van der Waals surface area contributed by atoms with E-state index in [1.165, 1.54) is 19.4 Å². The molecule has 1 aliphatic rings. The summed E-state index contributed by atoms with van der Waals surface area (Å²) in [5, 5.41) is 0. The Kier molecular flexibility index (Phi) is 3.22. The fourth-order valence-electron chi connectivity index (χ4n) is 2.85. The van der Waals surface area contributed by atoms with Crippen LogP contribution in [0.3, 0.4) is 0 Å². The van der Waals surface area contributed by atoms with Crippen LogP contribution in [0.2, 0.25) is 0 Å². The van der Waals surface area contributed by atoms with Gasteiger partial charge in [-0.1, -0.05) is 0 Å². The first kappa shape index (κ1) is 11.9. The minimum atomic E-state index is 0.453. The molecular formula is C13H17ClN4. The highest BCUT2D eigenvalue weighted by Gasteiger charge is 2.23. The maximum Gasteiger partial charge on any atom is 0.125 e. The quantitative estimate of drug-likeness (QED) is 0.782. The van der Waals surface area contributed by atoms with Crippen molar-refractivity contribution in [1.82, 2.24) is 19.4 Å². The van der Waals surface area contributed by atoms with Crippen LogP contribution in [0.25, 0.3) is 11.0 Å². The van der Waals surface area contributed by atoms with Crippen LogP contribution in [-0.4, -0.2) is 39.6 Å². The van der Waals surface area contributed by atoms with Gasteiger partial charge in [-0.15, -0.1) is 11.6 Å². The molecule has 0 aromatic carbocycles. The number of rotatable bonds is 2. The number of piperidine rings is 1. The highest BCUT2D eigenvalue weighted by Crippen LogP contribution is 2.27. The molecule has 1 fully saturated rings. The van der Waals surface area contributed by atoms with Crippen molar-refractivity contribution in [1.29, 1.82) is 0 Å². The van der Waals surface area contributed by atoms with Crippen LogP contribution in [-0.2, 0) is 5.88 Å². The van der Waals surface area contributed by atoms with Crippen LogP contribution in [0.15, 0.2) is 18.5 Å². The van der Waals surface area contributed by atoms with Crippen LogP contribution in [0.4, 0.5) is 0 Å². The summed E-state index contributed by atoms with van der Waals surface area (Å²) in [6.07, 6.45) is 6.06. The summed E-state index contributed by atoms with van der Waals surface area (Å²) in [5.74, 6) is 1.41. The lowest BCUT2D eigenvalue weighted by atomic mass is 10.1. The summed E-state index contributed by atoms with van der Waals surface area (Å²) < 4.78 is 2.31. The van der Waals surface area contributed by atoms with Gasteiger partial charge in [-0.05, 0) is 32.5 Å². The molecule has 18 heavy (non-hydrogen) atoms. The van der Waals surface area contributed by atoms with Crippen molar-refractivity contribution < 1.29 is 0 Å². The normalized spacial score (nSPS) is 21.6. The Balaban J connectivity index is 2.08. The Morgan fingerprint density at radius 2 is 2.39 bits per heavy atom. The van der Waals surface area contributed by atoms with Crippen molar-refractivity contribution >= 4 is 22.6 Å². The number of imidazole rings is 1. The van der Waals surface area contributed by atoms with Gasteiger partial charge in [-0.2, -0.15) is 0 Å². The van der Waals surface area contributed by atoms with Crippen LogP contribution in [0, 0.1) is 0 Å². The highest BCUT2D eigenvalue weighted by atomic mass is 35.5. The third-order valence-electron chi connectivity index (χ3n) is 3.65. The zero-order valence-corrected chi connectivity index (χ0v) is 11.3. The predicted octanol–water partition coefficient (Wildman–Crippen LogP) is 2.44. The van der Waals surface area contributed by atoms with Gasteiger partial charge < -0.3 is 9.47 Å². The molecule has 0 aliphatic carbocycles. The number of alkyl halides is 1. The average Bonchev–Trinajstić information content (AvgIpc) is 2.77. The molecule has 1 saturated heterocycles. The SMILES string of the molecule is CN1CCCC(n2c(CCl)nc3cnccc32)C1. The number of fused-ring (bicyclic) bond motifs is 1. The fraction of sp³-hybridized carbons (Fsp3) is 0.538. The molecule has 3 heterocycles. The third-order valence-corrected chi connectivity index (χ3v) is 3.89. The molecule has 0 radical (unpaired) electrons. The Morgan fingerprint density at radius 3 is 3.17 bits per heavy atom. The van der Waals surface area contributed by atoms with E-state index in [-0.39, 0.29) is 0 Å². The molecule has 1 unspecified atom stereocenters. The first-order chi connectivity index (χ1) is 8.79. The Labute approximate surface area is 112 Å². The van der Waals surface area contributed by atoms with E-state index in [2.05, 4.69) is 26.5 Å². The van der Waals surface area contributed by atoms with E-state index in [4.69, 9.17) is 11.6 Å². The van der Waals surface area contributed by atoms with Crippen molar-refractivity contribution in [2.45, 2.75) is 24.8 Å². The molecule has 1 atom stereocenters. The van der Waals surface area contributed by atoms with Crippen molar-refractivity contribution in [3.63, 3.8) is 0 Å². The first-order valence-electron chi connectivity index (χ1n) is 6.35. The van der Waals surface area contributed by atoms with E-state index in [0.29, 0.717) is 11.9 Å². The summed E-state index contributed by atoms with van der Waals surface area (Å²) in [4.78, 5) is 11.1. The van der Waals surface area contributed by atoms with E-state index in [1.807, 2.05) is 18.5 Å². The topological polar surface area (TPSA) is 34.0 Å². The van der Waals surface area contributed by atoms with Crippen molar-refractivity contribution in [2.75, 3.05) is 20.1 Å². The molecule has 0 N–H and O–H groups in total. The fourth-order valence-corrected chi connectivity index (χ4v) is 3.04. The molecule has 2 aromatic heterocycles. The molecule has 4 nitrogen and oxygen atoms in total. The summed E-state index contributed by atoms with van der Waals surface area (Å²) in [6.45, 7) is 2.25.